The number of hydrogen-bond donors (Lipinski definition) is 3. The van der Waals surface area contributed by atoms with Gasteiger partial charge in [0, 0.05) is 28.3 Å². The predicted octanol–water partition coefficient (Wildman–Crippen LogP) is 2.65. The molecule has 1 unspecified atom stereocenters. The number of primary amides is 1. The van der Waals surface area contributed by atoms with Crippen molar-refractivity contribution in [2.45, 2.75) is 57.0 Å². The number of benzene rings is 1. The third-order valence-corrected chi connectivity index (χ3v) is 8.86. The Bertz CT molecular complexity index is 1840. The predicted molar refractivity (Wildman–Crippen MR) is 140 cm³/mol. The summed E-state index contributed by atoms with van der Waals surface area (Å²) in [5, 5.41) is 24.4. The van der Waals surface area contributed by atoms with Crippen molar-refractivity contribution in [3.8, 4) is 11.4 Å². The summed E-state index contributed by atoms with van der Waals surface area (Å²) in [5.74, 6) is -1.90. The fourth-order valence-corrected chi connectivity index (χ4v) is 6.47. The summed E-state index contributed by atoms with van der Waals surface area (Å²) in [4.78, 5) is 43.7. The molecule has 5 heterocycles. The Labute approximate surface area is 225 Å². The molecule has 200 valence electrons. The van der Waals surface area contributed by atoms with Crippen LogP contribution in [-0.2, 0) is 39.5 Å². The lowest BCUT2D eigenvalue weighted by atomic mass is 9.84. The van der Waals surface area contributed by atoms with E-state index in [1.54, 1.807) is 25.1 Å². The standard InChI is InChI=1S/C28H24ClN3O7/c1-2-27(36)17-7-20-22-15(10-32(20)24(33)16(17)11-39-26(27)35)14(9-28(37,25(30)34)12-3-4-12)21-13-5-6-38-23(13)18(29)8-19(21)31-22/h5-8,12,36-37H,2-4,9-11H2,1H3,(H2,30,34)/t27-,28?/m0/s1. The van der Waals surface area contributed by atoms with Gasteiger partial charge >= 0.3 is 5.97 Å². The van der Waals surface area contributed by atoms with Crippen molar-refractivity contribution in [3.63, 3.8) is 0 Å². The van der Waals surface area contributed by atoms with Crippen LogP contribution in [0.15, 0.2) is 33.7 Å². The molecule has 10 nitrogen and oxygen atoms in total. The van der Waals surface area contributed by atoms with Crippen LogP contribution < -0.4 is 11.3 Å². The largest absolute Gasteiger partial charge is 0.463 e. The summed E-state index contributed by atoms with van der Waals surface area (Å²) in [6.45, 7) is 1.50. The number of fused-ring (bicyclic) bond motifs is 7. The number of rotatable bonds is 5. The minimum absolute atomic E-state index is 0.0199. The maximum atomic E-state index is 13.7. The Morgan fingerprint density at radius 3 is 2.77 bits per heavy atom. The first-order valence-electron chi connectivity index (χ1n) is 12.8. The second-order valence-electron chi connectivity index (χ2n) is 10.7. The van der Waals surface area contributed by atoms with Gasteiger partial charge in [0.05, 0.1) is 40.3 Å². The van der Waals surface area contributed by atoms with Crippen molar-refractivity contribution in [3.05, 3.63) is 62.1 Å². The van der Waals surface area contributed by atoms with Crippen molar-refractivity contribution in [2.75, 3.05) is 0 Å². The number of halogens is 1. The third-order valence-electron chi connectivity index (χ3n) is 8.58. The molecule has 2 aliphatic heterocycles. The monoisotopic (exact) mass is 549 g/mol. The summed E-state index contributed by atoms with van der Waals surface area (Å²) in [6.07, 6.45) is 2.79. The minimum atomic E-state index is -1.96. The van der Waals surface area contributed by atoms with E-state index >= 15 is 0 Å². The van der Waals surface area contributed by atoms with Crippen molar-refractivity contribution < 1.29 is 29.0 Å². The molecular weight excluding hydrogens is 526 g/mol. The zero-order valence-corrected chi connectivity index (χ0v) is 21.7. The molecule has 0 radical (unpaired) electrons. The zero-order chi connectivity index (χ0) is 27.4. The first-order valence-corrected chi connectivity index (χ1v) is 13.2. The Morgan fingerprint density at radius 2 is 2.08 bits per heavy atom. The van der Waals surface area contributed by atoms with Crippen LogP contribution >= 0.6 is 11.6 Å². The van der Waals surface area contributed by atoms with Gasteiger partial charge < -0.3 is 29.7 Å². The maximum absolute atomic E-state index is 13.7. The Morgan fingerprint density at radius 1 is 1.31 bits per heavy atom. The number of carbonyl (C=O) groups is 2. The van der Waals surface area contributed by atoms with E-state index < -0.39 is 28.6 Å². The van der Waals surface area contributed by atoms with Gasteiger partial charge in [0.1, 0.15) is 12.2 Å². The van der Waals surface area contributed by atoms with E-state index in [0.717, 1.165) is 0 Å². The van der Waals surface area contributed by atoms with Crippen LogP contribution in [-0.4, -0.2) is 37.2 Å². The molecule has 39 heavy (non-hydrogen) atoms. The van der Waals surface area contributed by atoms with Crippen LogP contribution in [0.2, 0.25) is 5.02 Å². The number of esters is 1. The lowest BCUT2D eigenvalue weighted by molar-refractivity contribution is -0.172. The number of hydrogen-bond acceptors (Lipinski definition) is 8. The van der Waals surface area contributed by atoms with Gasteiger partial charge in [-0.1, -0.05) is 18.5 Å². The quantitative estimate of drug-likeness (QED) is 0.282. The van der Waals surface area contributed by atoms with Gasteiger partial charge in [-0.15, -0.1) is 0 Å². The molecule has 0 bridgehead atoms. The number of amides is 1. The number of carbonyl (C=O) groups excluding carboxylic acids is 2. The van der Waals surface area contributed by atoms with Crippen molar-refractivity contribution in [1.82, 2.24) is 9.55 Å². The van der Waals surface area contributed by atoms with Crippen molar-refractivity contribution >= 4 is 45.3 Å². The number of nitrogens with two attached hydrogens (primary N) is 1. The number of furan rings is 1. The lowest BCUT2D eigenvalue weighted by Crippen LogP contribution is -2.48. The highest BCUT2D eigenvalue weighted by atomic mass is 35.5. The number of pyridine rings is 2. The lowest BCUT2D eigenvalue weighted by Gasteiger charge is -2.31. The number of cyclic esters (lactones) is 1. The van der Waals surface area contributed by atoms with Crippen LogP contribution in [0.3, 0.4) is 0 Å². The van der Waals surface area contributed by atoms with Crippen LogP contribution in [0.4, 0.5) is 0 Å². The molecule has 0 saturated heterocycles. The zero-order valence-electron chi connectivity index (χ0n) is 20.9. The SMILES string of the molecule is CC[C@@]1(O)C(=O)OCc2c1cc1n(c2=O)Cc2c-1nc1cc(Cl)c3occc3c1c2CC(O)(C(N)=O)C1CC1. The molecule has 7 rings (SSSR count). The van der Waals surface area contributed by atoms with Gasteiger partial charge in [0.15, 0.2) is 11.2 Å². The Balaban J connectivity index is 1.55. The first kappa shape index (κ1) is 24.3. The highest BCUT2D eigenvalue weighted by Gasteiger charge is 2.50. The third kappa shape index (κ3) is 3.16. The van der Waals surface area contributed by atoms with E-state index in [0.29, 0.717) is 62.3 Å². The summed E-state index contributed by atoms with van der Waals surface area (Å²) in [6, 6.07) is 5.01. The van der Waals surface area contributed by atoms with Gasteiger partial charge in [0.2, 0.25) is 5.91 Å². The molecule has 4 aromatic rings. The molecule has 1 amide bonds. The molecule has 3 aliphatic rings. The number of aliphatic hydroxyl groups is 2. The average molecular weight is 550 g/mol. The number of aromatic nitrogens is 2. The fourth-order valence-electron chi connectivity index (χ4n) is 6.23. The molecule has 1 fully saturated rings. The normalized spacial score (nSPS) is 21.4. The molecule has 1 aromatic carbocycles. The van der Waals surface area contributed by atoms with Crippen LogP contribution in [0.5, 0.6) is 0 Å². The second-order valence-corrected chi connectivity index (χ2v) is 11.1. The number of ether oxygens (including phenoxy) is 1. The highest BCUT2D eigenvalue weighted by Crippen LogP contribution is 2.47. The average Bonchev–Trinajstić information content (AvgIpc) is 3.54. The van der Waals surface area contributed by atoms with Gasteiger partial charge in [-0.3, -0.25) is 9.59 Å². The van der Waals surface area contributed by atoms with E-state index in [1.807, 2.05) is 0 Å². The van der Waals surface area contributed by atoms with E-state index in [1.165, 1.54) is 10.8 Å². The molecule has 0 spiro atoms. The molecule has 2 atom stereocenters. The van der Waals surface area contributed by atoms with Gasteiger partial charge in [0.25, 0.3) is 5.56 Å². The summed E-state index contributed by atoms with van der Waals surface area (Å²) in [7, 11) is 0. The summed E-state index contributed by atoms with van der Waals surface area (Å²) >= 11 is 6.52. The smallest absolute Gasteiger partial charge is 0.343 e. The summed E-state index contributed by atoms with van der Waals surface area (Å²) < 4.78 is 12.3. The van der Waals surface area contributed by atoms with E-state index in [2.05, 4.69) is 0 Å². The first-order chi connectivity index (χ1) is 18.6. The maximum Gasteiger partial charge on any atom is 0.343 e. The Hall–Kier alpha value is -3.73. The van der Waals surface area contributed by atoms with Crippen LogP contribution in [0, 0.1) is 5.92 Å². The van der Waals surface area contributed by atoms with Gasteiger partial charge in [-0.2, -0.15) is 0 Å². The molecular formula is C28H24ClN3O7. The topological polar surface area (TPSA) is 158 Å². The fraction of sp³-hybridized carbons (Fsp3) is 0.357. The molecule has 1 saturated carbocycles. The van der Waals surface area contributed by atoms with Gasteiger partial charge in [-0.25, -0.2) is 9.78 Å². The van der Waals surface area contributed by atoms with E-state index in [4.69, 9.17) is 31.5 Å². The van der Waals surface area contributed by atoms with Crippen molar-refractivity contribution in [1.29, 1.82) is 0 Å². The summed E-state index contributed by atoms with van der Waals surface area (Å²) in [5.41, 5.74) is 5.01. The molecule has 11 heteroatoms. The van der Waals surface area contributed by atoms with Crippen LogP contribution in [0.1, 0.15) is 48.4 Å². The van der Waals surface area contributed by atoms with Crippen LogP contribution in [0.25, 0.3) is 33.3 Å². The Kier molecular flexibility index (Phi) is 4.93. The van der Waals surface area contributed by atoms with E-state index in [9.17, 15) is 24.6 Å². The minimum Gasteiger partial charge on any atom is -0.463 e. The van der Waals surface area contributed by atoms with E-state index in [-0.39, 0.29) is 43.0 Å². The highest BCUT2D eigenvalue weighted by molar-refractivity contribution is 6.36. The van der Waals surface area contributed by atoms with Crippen molar-refractivity contribution in [2.24, 2.45) is 11.7 Å². The second kappa shape index (κ2) is 7.91. The number of nitrogens with zero attached hydrogens (tertiary/aromatic N) is 2. The molecule has 1 aliphatic carbocycles. The molecule has 4 N–H and O–H groups in total. The molecule has 3 aromatic heterocycles. The van der Waals surface area contributed by atoms with Gasteiger partial charge in [-0.05, 0) is 48.9 Å².